The predicted octanol–water partition coefficient (Wildman–Crippen LogP) is 1.03. The van der Waals surface area contributed by atoms with E-state index in [2.05, 4.69) is 24.3 Å². The Kier molecular flexibility index (Phi) is 5.34. The molecule has 1 aromatic heterocycles. The van der Waals surface area contributed by atoms with Crippen LogP contribution in [0.2, 0.25) is 0 Å². The number of sulfone groups is 1. The van der Waals surface area contributed by atoms with Gasteiger partial charge in [0.25, 0.3) is 0 Å². The molecular formula is C12H23N3O2S. The van der Waals surface area contributed by atoms with Crippen LogP contribution in [0.3, 0.4) is 0 Å². The maximum Gasteiger partial charge on any atom is 0.148 e. The Morgan fingerprint density at radius 2 is 2.11 bits per heavy atom. The molecular weight excluding hydrogens is 250 g/mol. The Morgan fingerprint density at radius 3 is 2.56 bits per heavy atom. The van der Waals surface area contributed by atoms with Crippen LogP contribution in [0.25, 0.3) is 0 Å². The highest BCUT2D eigenvalue weighted by Crippen LogP contribution is 2.07. The molecule has 0 aliphatic heterocycles. The lowest BCUT2D eigenvalue weighted by Gasteiger charge is -2.15. The summed E-state index contributed by atoms with van der Waals surface area (Å²) in [6, 6.07) is 2.21. The van der Waals surface area contributed by atoms with Crippen molar-refractivity contribution in [2.45, 2.75) is 39.3 Å². The minimum absolute atomic E-state index is 0.0690. The Morgan fingerprint density at radius 1 is 1.44 bits per heavy atom. The molecule has 0 spiro atoms. The fourth-order valence-electron chi connectivity index (χ4n) is 1.87. The standard InChI is InChI=1S/C12H23N3O2S/c1-5-13-12(9-18(4,16)17)8-11-6-7-15(14-11)10(2)3/h6-7,10,12-13H,5,8-9H2,1-4H3. The molecule has 0 saturated carbocycles. The zero-order valence-corrected chi connectivity index (χ0v) is 12.4. The summed E-state index contributed by atoms with van der Waals surface area (Å²) in [6.07, 6.45) is 3.84. The molecule has 0 aliphatic carbocycles. The Balaban J connectivity index is 2.70. The van der Waals surface area contributed by atoms with Gasteiger partial charge in [0.2, 0.25) is 0 Å². The highest BCUT2D eigenvalue weighted by Gasteiger charge is 2.16. The summed E-state index contributed by atoms with van der Waals surface area (Å²) in [5, 5.41) is 7.64. The molecule has 5 nitrogen and oxygen atoms in total. The Labute approximate surface area is 109 Å². The Hall–Kier alpha value is -0.880. The molecule has 0 aliphatic rings. The molecule has 1 N–H and O–H groups in total. The zero-order chi connectivity index (χ0) is 13.8. The van der Waals surface area contributed by atoms with Crippen LogP contribution in [0.15, 0.2) is 12.3 Å². The van der Waals surface area contributed by atoms with Crippen LogP contribution in [0.1, 0.15) is 32.5 Å². The average Bonchev–Trinajstić information content (AvgIpc) is 2.64. The summed E-state index contributed by atoms with van der Waals surface area (Å²) in [5.74, 6) is 0.148. The lowest BCUT2D eigenvalue weighted by molar-refractivity contribution is 0.509. The first-order valence-corrected chi connectivity index (χ1v) is 8.33. The first-order valence-electron chi connectivity index (χ1n) is 6.27. The first kappa shape index (κ1) is 15.2. The SMILES string of the molecule is CCNC(Cc1ccn(C(C)C)n1)CS(C)(=O)=O. The van der Waals surface area contributed by atoms with Crippen LogP contribution in [0.4, 0.5) is 0 Å². The van der Waals surface area contributed by atoms with Crippen LogP contribution in [-0.4, -0.2) is 42.8 Å². The minimum atomic E-state index is -2.97. The van der Waals surface area contributed by atoms with E-state index in [0.29, 0.717) is 12.5 Å². The van der Waals surface area contributed by atoms with Gasteiger partial charge >= 0.3 is 0 Å². The lowest BCUT2D eigenvalue weighted by Crippen LogP contribution is -2.37. The largest absolute Gasteiger partial charge is 0.313 e. The van der Waals surface area contributed by atoms with Crippen LogP contribution in [0.5, 0.6) is 0 Å². The summed E-state index contributed by atoms with van der Waals surface area (Å²) in [5.41, 5.74) is 0.929. The molecule has 0 fully saturated rings. The fourth-order valence-corrected chi connectivity index (χ4v) is 2.84. The van der Waals surface area contributed by atoms with Crippen LogP contribution in [-0.2, 0) is 16.3 Å². The van der Waals surface area contributed by atoms with E-state index in [0.717, 1.165) is 12.2 Å². The summed E-state index contributed by atoms with van der Waals surface area (Å²) in [7, 11) is -2.97. The fraction of sp³-hybridized carbons (Fsp3) is 0.750. The number of nitrogens with one attached hydrogen (secondary N) is 1. The second-order valence-electron chi connectivity index (χ2n) is 4.93. The van der Waals surface area contributed by atoms with Crippen molar-refractivity contribution in [3.63, 3.8) is 0 Å². The van der Waals surface area contributed by atoms with Crippen molar-refractivity contribution < 1.29 is 8.42 Å². The first-order chi connectivity index (χ1) is 8.31. The third-order valence-corrected chi connectivity index (χ3v) is 3.65. The molecule has 6 heteroatoms. The monoisotopic (exact) mass is 273 g/mol. The molecule has 0 saturated heterocycles. The van der Waals surface area contributed by atoms with E-state index in [1.807, 2.05) is 23.9 Å². The number of likely N-dealkylation sites (N-methyl/N-ethyl adjacent to an activating group) is 1. The Bertz CT molecular complexity index is 465. The summed E-state index contributed by atoms with van der Waals surface area (Å²) in [6.45, 7) is 6.86. The summed E-state index contributed by atoms with van der Waals surface area (Å²) in [4.78, 5) is 0. The van der Waals surface area contributed by atoms with Gasteiger partial charge in [-0.2, -0.15) is 5.10 Å². The van der Waals surface area contributed by atoms with E-state index in [9.17, 15) is 8.42 Å². The second kappa shape index (κ2) is 6.33. The smallest absolute Gasteiger partial charge is 0.148 e. The highest BCUT2D eigenvalue weighted by atomic mass is 32.2. The molecule has 0 amide bonds. The van der Waals surface area contributed by atoms with Gasteiger partial charge in [0.05, 0.1) is 11.4 Å². The number of aromatic nitrogens is 2. The molecule has 1 unspecified atom stereocenters. The third kappa shape index (κ3) is 5.18. The number of rotatable bonds is 7. The van der Waals surface area contributed by atoms with Gasteiger partial charge in [-0.25, -0.2) is 8.42 Å². The molecule has 1 heterocycles. The third-order valence-electron chi connectivity index (χ3n) is 2.64. The van der Waals surface area contributed by atoms with Crippen molar-refractivity contribution in [1.82, 2.24) is 15.1 Å². The summed E-state index contributed by atoms with van der Waals surface area (Å²) < 4.78 is 24.6. The second-order valence-corrected chi connectivity index (χ2v) is 7.12. The molecule has 0 aromatic carbocycles. The van der Waals surface area contributed by atoms with E-state index in [-0.39, 0.29) is 11.8 Å². The normalized spacial score (nSPS) is 14.1. The molecule has 1 aromatic rings. The van der Waals surface area contributed by atoms with Crippen molar-refractivity contribution >= 4 is 9.84 Å². The van der Waals surface area contributed by atoms with Gasteiger partial charge in [-0.15, -0.1) is 0 Å². The van der Waals surface area contributed by atoms with Crippen molar-refractivity contribution in [2.75, 3.05) is 18.6 Å². The van der Waals surface area contributed by atoms with Gasteiger partial charge in [-0.05, 0) is 26.5 Å². The van der Waals surface area contributed by atoms with E-state index in [1.165, 1.54) is 6.26 Å². The number of nitrogens with zero attached hydrogens (tertiary/aromatic N) is 2. The quantitative estimate of drug-likeness (QED) is 0.806. The van der Waals surface area contributed by atoms with Gasteiger partial charge in [-0.3, -0.25) is 4.68 Å². The molecule has 0 radical (unpaired) electrons. The molecule has 1 atom stereocenters. The van der Waals surface area contributed by atoms with Crippen LogP contribution >= 0.6 is 0 Å². The molecule has 104 valence electrons. The molecule has 0 bridgehead atoms. The minimum Gasteiger partial charge on any atom is -0.313 e. The van der Waals surface area contributed by atoms with Crippen molar-refractivity contribution in [1.29, 1.82) is 0 Å². The predicted molar refractivity (Wildman–Crippen MR) is 73.5 cm³/mol. The van der Waals surface area contributed by atoms with E-state index >= 15 is 0 Å². The van der Waals surface area contributed by atoms with Gasteiger partial charge < -0.3 is 5.32 Å². The number of hydrogen-bond donors (Lipinski definition) is 1. The lowest BCUT2D eigenvalue weighted by atomic mass is 10.2. The maximum atomic E-state index is 11.4. The van der Waals surface area contributed by atoms with Gasteiger partial charge in [-0.1, -0.05) is 6.92 Å². The van der Waals surface area contributed by atoms with Gasteiger partial charge in [0.1, 0.15) is 9.84 Å². The average molecular weight is 273 g/mol. The van der Waals surface area contributed by atoms with Gasteiger partial charge in [0, 0.05) is 31.0 Å². The maximum absolute atomic E-state index is 11.4. The topological polar surface area (TPSA) is 64.0 Å². The van der Waals surface area contributed by atoms with E-state index < -0.39 is 9.84 Å². The van der Waals surface area contributed by atoms with E-state index in [1.54, 1.807) is 0 Å². The van der Waals surface area contributed by atoms with Gasteiger partial charge in [0.15, 0.2) is 0 Å². The summed E-state index contributed by atoms with van der Waals surface area (Å²) >= 11 is 0. The highest BCUT2D eigenvalue weighted by molar-refractivity contribution is 7.90. The zero-order valence-electron chi connectivity index (χ0n) is 11.5. The number of hydrogen-bond acceptors (Lipinski definition) is 4. The van der Waals surface area contributed by atoms with Crippen molar-refractivity contribution in [2.24, 2.45) is 0 Å². The van der Waals surface area contributed by atoms with E-state index in [4.69, 9.17) is 0 Å². The van der Waals surface area contributed by atoms with Crippen LogP contribution in [0, 0.1) is 0 Å². The molecule has 18 heavy (non-hydrogen) atoms. The van der Waals surface area contributed by atoms with Crippen molar-refractivity contribution in [3.05, 3.63) is 18.0 Å². The van der Waals surface area contributed by atoms with Crippen LogP contribution < -0.4 is 5.32 Å². The molecule has 1 rings (SSSR count). The van der Waals surface area contributed by atoms with Crippen molar-refractivity contribution in [3.8, 4) is 0 Å².